The summed E-state index contributed by atoms with van der Waals surface area (Å²) >= 11 is 1.56. The number of nitrogens with one attached hydrogen (secondary N) is 1. The van der Waals surface area contributed by atoms with Crippen molar-refractivity contribution in [3.05, 3.63) is 21.9 Å². The number of rotatable bonds is 3. The monoisotopic (exact) mass is 289 g/mol. The van der Waals surface area contributed by atoms with E-state index in [2.05, 4.69) is 5.32 Å². The Balaban J connectivity index is 1.45. The first-order valence-corrected chi connectivity index (χ1v) is 8.84. The molecule has 4 saturated carbocycles. The molecular formula is C17H23NOS. The Hall–Kier alpha value is -0.830. The number of carbonyl (C=O) groups is 1. The van der Waals surface area contributed by atoms with E-state index in [1.807, 2.05) is 18.4 Å². The van der Waals surface area contributed by atoms with Crippen LogP contribution in [-0.4, -0.2) is 12.5 Å². The van der Waals surface area contributed by atoms with Crippen LogP contribution in [0.3, 0.4) is 0 Å². The van der Waals surface area contributed by atoms with E-state index in [0.717, 1.165) is 34.7 Å². The highest BCUT2D eigenvalue weighted by molar-refractivity contribution is 7.12. The van der Waals surface area contributed by atoms with Gasteiger partial charge in [0.15, 0.2) is 0 Å². The summed E-state index contributed by atoms with van der Waals surface area (Å²) in [6.45, 7) is 2.93. The summed E-state index contributed by atoms with van der Waals surface area (Å²) in [7, 11) is 0. The van der Waals surface area contributed by atoms with Gasteiger partial charge in [-0.2, -0.15) is 0 Å². The summed E-state index contributed by atoms with van der Waals surface area (Å²) in [5, 5.41) is 5.26. The Morgan fingerprint density at radius 3 is 2.35 bits per heavy atom. The fourth-order valence-corrected chi connectivity index (χ4v) is 6.30. The molecule has 0 aliphatic heterocycles. The Bertz CT molecular complexity index is 498. The molecule has 0 spiro atoms. The van der Waals surface area contributed by atoms with E-state index in [1.54, 1.807) is 11.3 Å². The third kappa shape index (κ3) is 2.11. The van der Waals surface area contributed by atoms with Crippen molar-refractivity contribution in [2.45, 2.75) is 45.4 Å². The van der Waals surface area contributed by atoms with E-state index < -0.39 is 0 Å². The molecule has 4 aliphatic rings. The van der Waals surface area contributed by atoms with E-state index in [1.165, 1.54) is 38.5 Å². The van der Waals surface area contributed by atoms with Crippen molar-refractivity contribution in [2.24, 2.45) is 23.2 Å². The highest BCUT2D eigenvalue weighted by atomic mass is 32.1. The standard InChI is InChI=1S/C17H23NOS/c1-11-2-3-20-15(11)16(19)18-10-17-7-12-4-13(8-17)6-14(5-12)9-17/h2-3,12-14H,4-10H2,1H3,(H,18,19). The molecule has 0 atom stereocenters. The Kier molecular flexibility index (Phi) is 2.95. The molecule has 4 aliphatic carbocycles. The average molecular weight is 289 g/mol. The number of amides is 1. The minimum Gasteiger partial charge on any atom is -0.351 e. The molecule has 1 aromatic rings. The molecule has 4 bridgehead atoms. The molecule has 1 heterocycles. The fraction of sp³-hybridized carbons (Fsp3) is 0.706. The summed E-state index contributed by atoms with van der Waals surface area (Å²) in [5.74, 6) is 3.03. The molecule has 4 fully saturated rings. The van der Waals surface area contributed by atoms with Gasteiger partial charge in [0.05, 0.1) is 4.88 Å². The van der Waals surface area contributed by atoms with Gasteiger partial charge < -0.3 is 5.32 Å². The molecule has 1 amide bonds. The second kappa shape index (κ2) is 4.59. The van der Waals surface area contributed by atoms with Crippen LogP contribution in [0.25, 0.3) is 0 Å². The molecule has 0 radical (unpaired) electrons. The lowest BCUT2D eigenvalue weighted by molar-refractivity contribution is -0.0503. The topological polar surface area (TPSA) is 29.1 Å². The van der Waals surface area contributed by atoms with Crippen LogP contribution in [0.2, 0.25) is 0 Å². The van der Waals surface area contributed by atoms with Crippen molar-refractivity contribution >= 4 is 17.2 Å². The van der Waals surface area contributed by atoms with E-state index in [-0.39, 0.29) is 5.91 Å². The molecule has 3 heteroatoms. The van der Waals surface area contributed by atoms with Crippen LogP contribution in [0, 0.1) is 30.1 Å². The largest absolute Gasteiger partial charge is 0.351 e. The SMILES string of the molecule is Cc1ccsc1C(=O)NCC12CC3CC(CC(C3)C1)C2. The smallest absolute Gasteiger partial charge is 0.261 e. The molecule has 20 heavy (non-hydrogen) atoms. The molecule has 0 saturated heterocycles. The van der Waals surface area contributed by atoms with Crippen molar-refractivity contribution in [2.75, 3.05) is 6.54 Å². The zero-order chi connectivity index (χ0) is 13.7. The van der Waals surface area contributed by atoms with Gasteiger partial charge in [-0.3, -0.25) is 4.79 Å². The summed E-state index contributed by atoms with van der Waals surface area (Å²) in [6, 6.07) is 2.03. The second-order valence-electron chi connectivity index (χ2n) is 7.53. The minimum absolute atomic E-state index is 0.147. The average Bonchev–Trinajstić information content (AvgIpc) is 2.81. The zero-order valence-electron chi connectivity index (χ0n) is 12.2. The lowest BCUT2D eigenvalue weighted by Gasteiger charge is -2.56. The van der Waals surface area contributed by atoms with Crippen LogP contribution in [0.4, 0.5) is 0 Å². The maximum atomic E-state index is 12.3. The van der Waals surface area contributed by atoms with Crippen LogP contribution >= 0.6 is 11.3 Å². The number of thiophene rings is 1. The van der Waals surface area contributed by atoms with Gasteiger partial charge in [0.2, 0.25) is 0 Å². The van der Waals surface area contributed by atoms with Gasteiger partial charge in [-0.15, -0.1) is 11.3 Å². The Morgan fingerprint density at radius 2 is 1.85 bits per heavy atom. The number of hydrogen-bond donors (Lipinski definition) is 1. The second-order valence-corrected chi connectivity index (χ2v) is 8.45. The summed E-state index contributed by atoms with van der Waals surface area (Å²) in [6.07, 6.45) is 8.50. The van der Waals surface area contributed by atoms with Gasteiger partial charge in [-0.05, 0) is 85.6 Å². The number of carbonyl (C=O) groups excluding carboxylic acids is 1. The van der Waals surface area contributed by atoms with Crippen LogP contribution in [0.15, 0.2) is 11.4 Å². The first kappa shape index (κ1) is 12.9. The van der Waals surface area contributed by atoms with E-state index in [9.17, 15) is 4.79 Å². The minimum atomic E-state index is 0.147. The molecule has 108 valence electrons. The molecule has 1 N–H and O–H groups in total. The van der Waals surface area contributed by atoms with Crippen molar-refractivity contribution < 1.29 is 4.79 Å². The van der Waals surface area contributed by atoms with Gasteiger partial charge in [-0.1, -0.05) is 0 Å². The van der Waals surface area contributed by atoms with Gasteiger partial charge in [0, 0.05) is 6.54 Å². The zero-order valence-corrected chi connectivity index (χ0v) is 13.0. The van der Waals surface area contributed by atoms with Crippen molar-refractivity contribution in [1.29, 1.82) is 0 Å². The first-order valence-electron chi connectivity index (χ1n) is 7.96. The highest BCUT2D eigenvalue weighted by Crippen LogP contribution is 2.59. The fourth-order valence-electron chi connectivity index (χ4n) is 5.46. The number of hydrogen-bond acceptors (Lipinski definition) is 2. The normalized spacial score (nSPS) is 38.1. The van der Waals surface area contributed by atoms with Crippen molar-refractivity contribution in [3.63, 3.8) is 0 Å². The molecular weight excluding hydrogens is 266 g/mol. The third-order valence-corrected chi connectivity index (χ3v) is 6.87. The Morgan fingerprint density at radius 1 is 1.25 bits per heavy atom. The van der Waals surface area contributed by atoms with Crippen LogP contribution in [0.5, 0.6) is 0 Å². The van der Waals surface area contributed by atoms with Crippen molar-refractivity contribution in [3.8, 4) is 0 Å². The first-order chi connectivity index (χ1) is 9.63. The van der Waals surface area contributed by atoms with E-state index in [0.29, 0.717) is 5.41 Å². The quantitative estimate of drug-likeness (QED) is 0.895. The van der Waals surface area contributed by atoms with Gasteiger partial charge in [0.1, 0.15) is 0 Å². The maximum absolute atomic E-state index is 12.3. The van der Waals surface area contributed by atoms with Crippen LogP contribution < -0.4 is 5.32 Å². The summed E-state index contributed by atoms with van der Waals surface area (Å²) in [4.78, 5) is 13.2. The lowest BCUT2D eigenvalue weighted by Crippen LogP contribution is -2.51. The third-order valence-electron chi connectivity index (χ3n) is 5.86. The maximum Gasteiger partial charge on any atom is 0.261 e. The molecule has 2 nitrogen and oxygen atoms in total. The summed E-state index contributed by atoms with van der Waals surface area (Å²) < 4.78 is 0. The lowest BCUT2D eigenvalue weighted by atomic mass is 9.49. The molecule has 5 rings (SSSR count). The van der Waals surface area contributed by atoms with Gasteiger partial charge in [-0.25, -0.2) is 0 Å². The van der Waals surface area contributed by atoms with Crippen molar-refractivity contribution in [1.82, 2.24) is 5.32 Å². The predicted octanol–water partition coefficient (Wildman–Crippen LogP) is 4.00. The van der Waals surface area contributed by atoms with Crippen LogP contribution in [-0.2, 0) is 0 Å². The van der Waals surface area contributed by atoms with Crippen LogP contribution in [0.1, 0.15) is 53.8 Å². The van der Waals surface area contributed by atoms with Gasteiger partial charge in [0.25, 0.3) is 5.91 Å². The summed E-state index contributed by atoms with van der Waals surface area (Å²) in [5.41, 5.74) is 1.55. The molecule has 0 unspecified atom stereocenters. The van der Waals surface area contributed by atoms with Gasteiger partial charge >= 0.3 is 0 Å². The molecule has 0 aromatic carbocycles. The predicted molar refractivity (Wildman–Crippen MR) is 82.0 cm³/mol. The van der Waals surface area contributed by atoms with E-state index in [4.69, 9.17) is 0 Å². The highest BCUT2D eigenvalue weighted by Gasteiger charge is 2.50. The molecule has 1 aromatic heterocycles. The Labute approximate surface area is 125 Å². The number of aryl methyl sites for hydroxylation is 1. The van der Waals surface area contributed by atoms with E-state index >= 15 is 0 Å².